The molecular formula is C14H13NO4. The lowest BCUT2D eigenvalue weighted by atomic mass is 10.1. The van der Waals surface area contributed by atoms with Crippen LogP contribution in [0.2, 0.25) is 0 Å². The molecule has 0 unspecified atom stereocenters. The van der Waals surface area contributed by atoms with E-state index in [0.717, 1.165) is 5.56 Å². The maximum absolute atomic E-state index is 12.2. The highest BCUT2D eigenvalue weighted by Gasteiger charge is 2.18. The minimum atomic E-state index is -0.192. The first kappa shape index (κ1) is 11.6. The molecule has 0 fully saturated rings. The lowest BCUT2D eigenvalue weighted by molar-refractivity contribution is 0.102. The molecule has 0 atom stereocenters. The van der Waals surface area contributed by atoms with Crippen molar-refractivity contribution in [1.82, 2.24) is 0 Å². The number of nitrogens with one attached hydrogen (secondary N) is 1. The Morgan fingerprint density at radius 2 is 2.00 bits per heavy atom. The summed E-state index contributed by atoms with van der Waals surface area (Å²) in [4.78, 5) is 12.2. The summed E-state index contributed by atoms with van der Waals surface area (Å²) < 4.78 is 15.7. The van der Waals surface area contributed by atoms with Crippen molar-refractivity contribution in [2.75, 3.05) is 12.1 Å². The Bertz CT molecular complexity index is 625. The smallest absolute Gasteiger partial charge is 0.259 e. The van der Waals surface area contributed by atoms with Gasteiger partial charge < -0.3 is 19.2 Å². The van der Waals surface area contributed by atoms with Crippen LogP contribution in [0, 0.1) is 13.8 Å². The summed E-state index contributed by atoms with van der Waals surface area (Å²) in [6.45, 7) is 3.82. The van der Waals surface area contributed by atoms with Crippen LogP contribution in [0.4, 0.5) is 5.69 Å². The summed E-state index contributed by atoms with van der Waals surface area (Å²) in [5.41, 5.74) is 2.04. The Morgan fingerprint density at radius 1 is 1.21 bits per heavy atom. The van der Waals surface area contributed by atoms with Crippen molar-refractivity contribution in [3.8, 4) is 11.5 Å². The maximum atomic E-state index is 12.2. The number of hydrogen-bond donors (Lipinski definition) is 1. The number of carbonyl (C=O) groups is 1. The van der Waals surface area contributed by atoms with E-state index in [0.29, 0.717) is 28.5 Å². The number of hydrogen-bond acceptors (Lipinski definition) is 4. The highest BCUT2D eigenvalue weighted by Crippen LogP contribution is 2.34. The summed E-state index contributed by atoms with van der Waals surface area (Å²) in [7, 11) is 0. The second-order valence-corrected chi connectivity index (χ2v) is 4.37. The van der Waals surface area contributed by atoms with E-state index in [4.69, 9.17) is 13.9 Å². The summed E-state index contributed by atoms with van der Waals surface area (Å²) in [6.07, 6.45) is 1.57. The molecule has 3 rings (SSSR count). The van der Waals surface area contributed by atoms with Gasteiger partial charge in [-0.3, -0.25) is 4.79 Å². The van der Waals surface area contributed by atoms with Gasteiger partial charge in [-0.1, -0.05) is 0 Å². The third kappa shape index (κ3) is 2.03. The van der Waals surface area contributed by atoms with Gasteiger partial charge in [0.15, 0.2) is 11.5 Å². The highest BCUT2D eigenvalue weighted by molar-refractivity contribution is 6.06. The van der Waals surface area contributed by atoms with Crippen molar-refractivity contribution >= 4 is 11.6 Å². The number of rotatable bonds is 2. The molecule has 2 aromatic rings. The summed E-state index contributed by atoms with van der Waals surface area (Å²) in [6, 6.07) is 5.29. The molecule has 1 aromatic carbocycles. The van der Waals surface area contributed by atoms with Crippen LogP contribution in [0.3, 0.4) is 0 Å². The Balaban J connectivity index is 1.84. The zero-order valence-corrected chi connectivity index (χ0v) is 10.6. The van der Waals surface area contributed by atoms with Crippen LogP contribution in [-0.2, 0) is 0 Å². The molecule has 0 aliphatic carbocycles. The molecule has 1 amide bonds. The number of fused-ring (bicyclic) bond motifs is 1. The molecule has 98 valence electrons. The molecular weight excluding hydrogens is 246 g/mol. The summed E-state index contributed by atoms with van der Waals surface area (Å²) in [5.74, 6) is 1.74. The van der Waals surface area contributed by atoms with Crippen LogP contribution in [0.15, 0.2) is 28.9 Å². The van der Waals surface area contributed by atoms with Crippen molar-refractivity contribution in [3.05, 3.63) is 41.3 Å². The molecule has 1 aliphatic heterocycles. The molecule has 1 aromatic heterocycles. The number of ether oxygens (including phenoxy) is 2. The van der Waals surface area contributed by atoms with Crippen molar-refractivity contribution in [2.45, 2.75) is 13.8 Å². The average molecular weight is 259 g/mol. The van der Waals surface area contributed by atoms with Crippen LogP contribution in [0.5, 0.6) is 11.5 Å². The second-order valence-electron chi connectivity index (χ2n) is 4.37. The molecule has 5 heteroatoms. The van der Waals surface area contributed by atoms with Crippen LogP contribution in [-0.4, -0.2) is 12.7 Å². The van der Waals surface area contributed by atoms with Crippen LogP contribution < -0.4 is 14.8 Å². The van der Waals surface area contributed by atoms with E-state index in [9.17, 15) is 4.79 Å². The summed E-state index contributed by atoms with van der Waals surface area (Å²) in [5, 5.41) is 2.82. The number of amides is 1. The Labute approximate surface area is 110 Å². The van der Waals surface area contributed by atoms with Gasteiger partial charge in [0.2, 0.25) is 6.79 Å². The molecule has 2 heterocycles. The first-order valence-electron chi connectivity index (χ1n) is 5.91. The van der Waals surface area contributed by atoms with Gasteiger partial charge in [-0.15, -0.1) is 0 Å². The largest absolute Gasteiger partial charge is 0.469 e. The molecule has 0 radical (unpaired) electrons. The van der Waals surface area contributed by atoms with Gasteiger partial charge in [-0.05, 0) is 26.0 Å². The number of furan rings is 1. The number of aryl methyl sites for hydroxylation is 2. The zero-order chi connectivity index (χ0) is 13.4. The van der Waals surface area contributed by atoms with E-state index in [1.54, 1.807) is 31.4 Å². The highest BCUT2D eigenvalue weighted by atomic mass is 16.7. The summed E-state index contributed by atoms with van der Waals surface area (Å²) >= 11 is 0. The Morgan fingerprint density at radius 3 is 2.74 bits per heavy atom. The van der Waals surface area contributed by atoms with Gasteiger partial charge in [-0.25, -0.2) is 0 Å². The predicted octanol–water partition coefficient (Wildman–Crippen LogP) is 2.88. The van der Waals surface area contributed by atoms with Crippen LogP contribution >= 0.6 is 0 Å². The SMILES string of the molecule is Cc1coc(C)c1C(=O)Nc1ccc2c(c1)OCO2. The van der Waals surface area contributed by atoms with Crippen LogP contribution in [0.1, 0.15) is 21.7 Å². The monoisotopic (exact) mass is 259 g/mol. The minimum Gasteiger partial charge on any atom is -0.469 e. The third-order valence-corrected chi connectivity index (χ3v) is 3.02. The predicted molar refractivity (Wildman–Crippen MR) is 68.7 cm³/mol. The van der Waals surface area contributed by atoms with E-state index in [-0.39, 0.29) is 12.7 Å². The molecule has 0 saturated heterocycles. The molecule has 1 N–H and O–H groups in total. The Kier molecular flexibility index (Phi) is 2.67. The quantitative estimate of drug-likeness (QED) is 0.900. The minimum absolute atomic E-state index is 0.192. The lowest BCUT2D eigenvalue weighted by Crippen LogP contribution is -2.13. The first-order valence-corrected chi connectivity index (χ1v) is 5.91. The van der Waals surface area contributed by atoms with Gasteiger partial charge >= 0.3 is 0 Å². The zero-order valence-electron chi connectivity index (χ0n) is 10.6. The third-order valence-electron chi connectivity index (χ3n) is 3.02. The van der Waals surface area contributed by atoms with Crippen molar-refractivity contribution in [1.29, 1.82) is 0 Å². The van der Waals surface area contributed by atoms with E-state index < -0.39 is 0 Å². The average Bonchev–Trinajstić information content (AvgIpc) is 2.95. The van der Waals surface area contributed by atoms with Gasteiger partial charge in [0.1, 0.15) is 5.76 Å². The normalized spacial score (nSPS) is 12.5. The molecule has 0 bridgehead atoms. The van der Waals surface area contributed by atoms with Gasteiger partial charge in [0.25, 0.3) is 5.91 Å². The maximum Gasteiger partial charge on any atom is 0.259 e. The van der Waals surface area contributed by atoms with Gasteiger partial charge in [0.05, 0.1) is 11.8 Å². The second kappa shape index (κ2) is 4.35. The fourth-order valence-corrected chi connectivity index (χ4v) is 2.08. The van der Waals surface area contributed by atoms with E-state index in [1.807, 2.05) is 6.92 Å². The first-order chi connectivity index (χ1) is 9.15. The molecule has 1 aliphatic rings. The van der Waals surface area contributed by atoms with E-state index >= 15 is 0 Å². The van der Waals surface area contributed by atoms with E-state index in [1.165, 1.54) is 0 Å². The van der Waals surface area contributed by atoms with Crippen molar-refractivity contribution in [3.63, 3.8) is 0 Å². The molecule has 19 heavy (non-hydrogen) atoms. The number of benzene rings is 1. The van der Waals surface area contributed by atoms with Crippen molar-refractivity contribution in [2.24, 2.45) is 0 Å². The fraction of sp³-hybridized carbons (Fsp3) is 0.214. The molecule has 0 saturated carbocycles. The Hall–Kier alpha value is -2.43. The lowest BCUT2D eigenvalue weighted by Gasteiger charge is -2.06. The van der Waals surface area contributed by atoms with Gasteiger partial charge in [0, 0.05) is 17.3 Å². The van der Waals surface area contributed by atoms with Gasteiger partial charge in [-0.2, -0.15) is 0 Å². The van der Waals surface area contributed by atoms with E-state index in [2.05, 4.69) is 5.32 Å². The van der Waals surface area contributed by atoms with Crippen LogP contribution in [0.25, 0.3) is 0 Å². The number of anilines is 1. The van der Waals surface area contributed by atoms with Crippen molar-refractivity contribution < 1.29 is 18.7 Å². The molecule has 0 spiro atoms. The number of carbonyl (C=O) groups excluding carboxylic acids is 1. The standard InChI is InChI=1S/C14H13NO4/c1-8-6-17-9(2)13(8)14(16)15-10-3-4-11-12(5-10)19-7-18-11/h3-6H,7H2,1-2H3,(H,15,16). The topological polar surface area (TPSA) is 60.7 Å². The molecule has 5 nitrogen and oxygen atoms in total. The fourth-order valence-electron chi connectivity index (χ4n) is 2.08.